The average molecular weight is 238 g/mol. The highest BCUT2D eigenvalue weighted by atomic mass is 16.5. The molecule has 0 saturated heterocycles. The Bertz CT molecular complexity index is 290. The van der Waals surface area contributed by atoms with Crippen LogP contribution in [-0.2, 0) is 9.53 Å². The lowest BCUT2D eigenvalue weighted by Gasteiger charge is -2.30. The quantitative estimate of drug-likeness (QED) is 0.607. The number of ether oxygens (including phenoxy) is 1. The fourth-order valence-electron chi connectivity index (χ4n) is 1.69. The van der Waals surface area contributed by atoms with Crippen LogP contribution in [0.25, 0.3) is 0 Å². The molecule has 0 fully saturated rings. The molecular weight excluding hydrogens is 216 g/mol. The number of nitrogens with zero attached hydrogens (tertiary/aromatic N) is 2. The number of nitriles is 1. The van der Waals surface area contributed by atoms with Crippen molar-refractivity contribution in [2.24, 2.45) is 5.41 Å². The zero-order valence-electron chi connectivity index (χ0n) is 11.0. The first-order chi connectivity index (χ1) is 8.11. The molecule has 0 radical (unpaired) electrons. The normalized spacial score (nSPS) is 10.7. The zero-order chi connectivity index (χ0) is 13.3. The molecular formula is C13H22N2O2. The maximum absolute atomic E-state index is 12.4. The second kappa shape index (κ2) is 7.86. The fourth-order valence-corrected chi connectivity index (χ4v) is 1.69. The predicted octanol–water partition coefficient (Wildman–Crippen LogP) is 1.98. The largest absolute Gasteiger partial charge is 0.383 e. The average Bonchev–Trinajstić information content (AvgIpc) is 2.37. The summed E-state index contributed by atoms with van der Waals surface area (Å²) < 4.78 is 4.97. The van der Waals surface area contributed by atoms with Gasteiger partial charge in [0.25, 0.3) is 0 Å². The van der Waals surface area contributed by atoms with Crippen LogP contribution in [0.15, 0.2) is 12.7 Å². The molecule has 0 bridgehead atoms. The van der Waals surface area contributed by atoms with Crippen LogP contribution in [0.3, 0.4) is 0 Å². The number of methoxy groups -OCH3 is 1. The fraction of sp³-hybridized carbons (Fsp3) is 0.692. The summed E-state index contributed by atoms with van der Waals surface area (Å²) in [5, 5.41) is 9.23. The third kappa shape index (κ3) is 3.86. The van der Waals surface area contributed by atoms with E-state index in [1.807, 2.05) is 13.8 Å². The molecule has 0 aromatic heterocycles. The van der Waals surface area contributed by atoms with Crippen LogP contribution in [0.1, 0.15) is 26.7 Å². The van der Waals surface area contributed by atoms with Gasteiger partial charge in [-0.1, -0.05) is 19.9 Å². The van der Waals surface area contributed by atoms with E-state index < -0.39 is 5.41 Å². The van der Waals surface area contributed by atoms with Crippen molar-refractivity contribution >= 4 is 5.91 Å². The molecule has 4 nitrogen and oxygen atoms in total. The Kier molecular flexibility index (Phi) is 7.24. The number of carbonyl (C=O) groups excluding carboxylic acids is 1. The molecule has 0 aliphatic rings. The van der Waals surface area contributed by atoms with Crippen LogP contribution in [0.5, 0.6) is 0 Å². The highest BCUT2D eigenvalue weighted by Gasteiger charge is 2.37. The van der Waals surface area contributed by atoms with Gasteiger partial charge < -0.3 is 9.64 Å². The minimum absolute atomic E-state index is 0.123. The minimum atomic E-state index is -0.906. The van der Waals surface area contributed by atoms with Gasteiger partial charge in [0.1, 0.15) is 5.41 Å². The van der Waals surface area contributed by atoms with E-state index in [9.17, 15) is 10.1 Å². The van der Waals surface area contributed by atoms with Gasteiger partial charge in [0.2, 0.25) is 5.91 Å². The second-order valence-electron chi connectivity index (χ2n) is 3.93. The third-order valence-corrected chi connectivity index (χ3v) is 3.03. The van der Waals surface area contributed by atoms with Crippen LogP contribution in [-0.4, -0.2) is 37.6 Å². The Morgan fingerprint density at radius 3 is 2.47 bits per heavy atom. The van der Waals surface area contributed by atoms with Gasteiger partial charge in [0.05, 0.1) is 12.7 Å². The Labute approximate surface area is 104 Å². The van der Waals surface area contributed by atoms with Gasteiger partial charge in [-0.2, -0.15) is 5.26 Å². The molecule has 0 spiro atoms. The van der Waals surface area contributed by atoms with Gasteiger partial charge in [0.15, 0.2) is 0 Å². The van der Waals surface area contributed by atoms with Crippen molar-refractivity contribution in [2.75, 3.05) is 26.8 Å². The molecule has 0 aliphatic heterocycles. The first-order valence-electron chi connectivity index (χ1n) is 5.92. The Hall–Kier alpha value is -1.34. The Morgan fingerprint density at radius 2 is 2.12 bits per heavy atom. The summed E-state index contributed by atoms with van der Waals surface area (Å²) in [6, 6.07) is 2.16. The number of hydrogen-bond acceptors (Lipinski definition) is 3. The van der Waals surface area contributed by atoms with E-state index in [1.54, 1.807) is 18.1 Å². The molecule has 1 amide bonds. The SMILES string of the molecule is C=CCN(CCOC)C(=O)C(C#N)(CC)CC. The van der Waals surface area contributed by atoms with Crippen molar-refractivity contribution in [1.29, 1.82) is 5.26 Å². The summed E-state index contributed by atoms with van der Waals surface area (Å²) in [6.45, 7) is 8.78. The third-order valence-electron chi connectivity index (χ3n) is 3.03. The summed E-state index contributed by atoms with van der Waals surface area (Å²) >= 11 is 0. The molecule has 0 aliphatic carbocycles. The number of hydrogen-bond donors (Lipinski definition) is 0. The molecule has 0 aromatic rings. The molecule has 0 saturated carbocycles. The Morgan fingerprint density at radius 1 is 1.53 bits per heavy atom. The number of amides is 1. The summed E-state index contributed by atoms with van der Waals surface area (Å²) in [6.07, 6.45) is 2.72. The topological polar surface area (TPSA) is 53.3 Å². The molecule has 0 atom stereocenters. The first kappa shape index (κ1) is 15.7. The van der Waals surface area contributed by atoms with Crippen LogP contribution in [0.2, 0.25) is 0 Å². The minimum Gasteiger partial charge on any atom is -0.383 e. The first-order valence-corrected chi connectivity index (χ1v) is 5.92. The van der Waals surface area contributed by atoms with Crippen LogP contribution in [0.4, 0.5) is 0 Å². The predicted molar refractivity (Wildman–Crippen MR) is 67.3 cm³/mol. The molecule has 96 valence electrons. The molecule has 0 N–H and O–H groups in total. The van der Waals surface area contributed by atoms with E-state index in [2.05, 4.69) is 12.6 Å². The lowest BCUT2D eigenvalue weighted by atomic mass is 9.82. The Balaban J connectivity index is 4.90. The molecule has 17 heavy (non-hydrogen) atoms. The smallest absolute Gasteiger partial charge is 0.243 e. The van der Waals surface area contributed by atoms with Crippen molar-refractivity contribution in [3.8, 4) is 6.07 Å². The van der Waals surface area contributed by atoms with Gasteiger partial charge in [0, 0.05) is 20.2 Å². The molecule has 0 rings (SSSR count). The van der Waals surface area contributed by atoms with E-state index in [1.165, 1.54) is 0 Å². The molecule has 0 heterocycles. The summed E-state index contributed by atoms with van der Waals surface area (Å²) in [5.74, 6) is -0.123. The van der Waals surface area contributed by atoms with E-state index in [4.69, 9.17) is 4.74 Å². The molecule has 0 unspecified atom stereocenters. The summed E-state index contributed by atoms with van der Waals surface area (Å²) in [5.41, 5.74) is -0.906. The zero-order valence-corrected chi connectivity index (χ0v) is 11.0. The molecule has 4 heteroatoms. The van der Waals surface area contributed by atoms with Crippen molar-refractivity contribution in [1.82, 2.24) is 4.90 Å². The van der Waals surface area contributed by atoms with Crippen LogP contribution < -0.4 is 0 Å². The van der Waals surface area contributed by atoms with Gasteiger partial charge in [-0.3, -0.25) is 4.79 Å². The van der Waals surface area contributed by atoms with Crippen molar-refractivity contribution < 1.29 is 9.53 Å². The van der Waals surface area contributed by atoms with Crippen molar-refractivity contribution in [2.45, 2.75) is 26.7 Å². The number of rotatable bonds is 8. The van der Waals surface area contributed by atoms with Gasteiger partial charge in [-0.15, -0.1) is 6.58 Å². The van der Waals surface area contributed by atoms with Crippen LogP contribution in [0, 0.1) is 16.7 Å². The van der Waals surface area contributed by atoms with E-state index >= 15 is 0 Å². The summed E-state index contributed by atoms with van der Waals surface area (Å²) in [4.78, 5) is 14.0. The lowest BCUT2D eigenvalue weighted by molar-refractivity contribution is -0.139. The van der Waals surface area contributed by atoms with Gasteiger partial charge in [-0.05, 0) is 12.8 Å². The molecule has 0 aromatic carbocycles. The van der Waals surface area contributed by atoms with E-state index in [0.717, 1.165) is 0 Å². The second-order valence-corrected chi connectivity index (χ2v) is 3.93. The standard InChI is InChI=1S/C13H22N2O2/c1-5-8-15(9-10-17-4)12(16)13(6-2,7-3)11-14/h5H,1,6-10H2,2-4H3. The van der Waals surface area contributed by atoms with Crippen LogP contribution >= 0.6 is 0 Å². The highest BCUT2D eigenvalue weighted by molar-refractivity contribution is 5.85. The highest BCUT2D eigenvalue weighted by Crippen LogP contribution is 2.28. The monoisotopic (exact) mass is 238 g/mol. The van der Waals surface area contributed by atoms with Crippen molar-refractivity contribution in [3.63, 3.8) is 0 Å². The van der Waals surface area contributed by atoms with Gasteiger partial charge >= 0.3 is 0 Å². The lowest BCUT2D eigenvalue weighted by Crippen LogP contribution is -2.44. The maximum Gasteiger partial charge on any atom is 0.243 e. The van der Waals surface area contributed by atoms with E-state index in [0.29, 0.717) is 32.5 Å². The van der Waals surface area contributed by atoms with Gasteiger partial charge in [-0.25, -0.2) is 0 Å². The number of carbonyl (C=O) groups is 1. The maximum atomic E-state index is 12.4. The van der Waals surface area contributed by atoms with E-state index in [-0.39, 0.29) is 5.91 Å². The summed E-state index contributed by atoms with van der Waals surface area (Å²) in [7, 11) is 1.59. The van der Waals surface area contributed by atoms with Crippen molar-refractivity contribution in [3.05, 3.63) is 12.7 Å².